The molecule has 0 spiro atoms. The van der Waals surface area contributed by atoms with Crippen LogP contribution in [0.4, 0.5) is 0 Å². The number of ether oxygens (including phenoxy) is 1. The highest BCUT2D eigenvalue weighted by Gasteiger charge is 2.22. The van der Waals surface area contributed by atoms with Gasteiger partial charge >= 0.3 is 0 Å². The van der Waals surface area contributed by atoms with E-state index in [0.717, 1.165) is 25.9 Å². The number of hydrogen-bond acceptors (Lipinski definition) is 2. The van der Waals surface area contributed by atoms with Crippen molar-refractivity contribution in [2.24, 2.45) is 11.8 Å². The van der Waals surface area contributed by atoms with Crippen LogP contribution in [0.5, 0.6) is 0 Å². The summed E-state index contributed by atoms with van der Waals surface area (Å²) in [5.74, 6) is 1.35. The number of hydrogen-bond donors (Lipinski definition) is 0. The Kier molecular flexibility index (Phi) is 4.43. The summed E-state index contributed by atoms with van der Waals surface area (Å²) in [5, 5.41) is 0. The van der Waals surface area contributed by atoms with E-state index in [4.69, 9.17) is 4.74 Å². The van der Waals surface area contributed by atoms with Gasteiger partial charge in [0.05, 0.1) is 6.61 Å². The van der Waals surface area contributed by atoms with E-state index in [-0.39, 0.29) is 5.92 Å². The minimum Gasteiger partial charge on any atom is -0.381 e. The molecule has 0 radical (unpaired) electrons. The van der Waals surface area contributed by atoms with Crippen LogP contribution < -0.4 is 0 Å². The van der Waals surface area contributed by atoms with Crippen molar-refractivity contribution in [2.45, 2.75) is 39.5 Å². The zero-order valence-corrected chi connectivity index (χ0v) is 8.71. The van der Waals surface area contributed by atoms with Crippen molar-refractivity contribution < 1.29 is 9.53 Å². The van der Waals surface area contributed by atoms with E-state index in [0.29, 0.717) is 18.3 Å². The molecule has 0 aromatic rings. The number of carbonyl (C=O) groups excluding carboxylic acids is 1. The third-order valence-corrected chi connectivity index (χ3v) is 2.59. The van der Waals surface area contributed by atoms with Crippen molar-refractivity contribution in [3.8, 4) is 0 Å². The monoisotopic (exact) mass is 184 g/mol. The van der Waals surface area contributed by atoms with Crippen LogP contribution >= 0.6 is 0 Å². The van der Waals surface area contributed by atoms with E-state index in [9.17, 15) is 4.79 Å². The fraction of sp³-hybridized carbons (Fsp3) is 0.909. The van der Waals surface area contributed by atoms with Crippen LogP contribution in [-0.2, 0) is 9.53 Å². The van der Waals surface area contributed by atoms with Crippen molar-refractivity contribution >= 4 is 5.78 Å². The molecule has 2 heteroatoms. The van der Waals surface area contributed by atoms with Crippen molar-refractivity contribution in [3.05, 3.63) is 0 Å². The van der Waals surface area contributed by atoms with E-state index in [2.05, 4.69) is 13.8 Å². The molecule has 2 nitrogen and oxygen atoms in total. The van der Waals surface area contributed by atoms with Gasteiger partial charge in [-0.15, -0.1) is 0 Å². The minimum atomic E-state index is 0.215. The summed E-state index contributed by atoms with van der Waals surface area (Å²) in [5.41, 5.74) is 0. The third kappa shape index (κ3) is 3.90. The minimum absolute atomic E-state index is 0.215. The van der Waals surface area contributed by atoms with Crippen molar-refractivity contribution in [1.29, 1.82) is 0 Å². The van der Waals surface area contributed by atoms with Gasteiger partial charge in [0, 0.05) is 18.9 Å². The first-order valence-electron chi connectivity index (χ1n) is 5.30. The normalized spacial score (nSPS) is 22.5. The van der Waals surface area contributed by atoms with Gasteiger partial charge in [-0.25, -0.2) is 0 Å². The maximum atomic E-state index is 11.5. The molecule has 1 aliphatic heterocycles. The zero-order valence-electron chi connectivity index (χ0n) is 8.71. The van der Waals surface area contributed by atoms with Crippen LogP contribution in [-0.4, -0.2) is 19.0 Å². The predicted molar refractivity (Wildman–Crippen MR) is 52.6 cm³/mol. The molecule has 0 N–H and O–H groups in total. The average molecular weight is 184 g/mol. The summed E-state index contributed by atoms with van der Waals surface area (Å²) in [6.07, 6.45) is 3.92. The summed E-state index contributed by atoms with van der Waals surface area (Å²) in [6.45, 7) is 5.84. The molecule has 1 rings (SSSR count). The van der Waals surface area contributed by atoms with Gasteiger partial charge in [-0.2, -0.15) is 0 Å². The van der Waals surface area contributed by atoms with Crippen LogP contribution in [0.1, 0.15) is 39.5 Å². The lowest BCUT2D eigenvalue weighted by Gasteiger charge is -2.07. The summed E-state index contributed by atoms with van der Waals surface area (Å²) in [4.78, 5) is 11.5. The molecular formula is C11H20O2. The molecule has 76 valence electrons. The van der Waals surface area contributed by atoms with Crippen LogP contribution in [0, 0.1) is 11.8 Å². The number of Topliss-reactive ketones (excluding diaryl/α,β-unsaturated/α-hetero) is 1. The first kappa shape index (κ1) is 10.7. The first-order valence-corrected chi connectivity index (χ1v) is 5.30. The van der Waals surface area contributed by atoms with Gasteiger partial charge in [-0.05, 0) is 18.8 Å². The molecule has 1 unspecified atom stereocenters. The molecule has 1 saturated heterocycles. The highest BCUT2D eigenvalue weighted by Crippen LogP contribution is 2.17. The second-order valence-electron chi connectivity index (χ2n) is 4.31. The number of rotatable bonds is 5. The second-order valence-corrected chi connectivity index (χ2v) is 4.31. The quantitative estimate of drug-likeness (QED) is 0.656. The van der Waals surface area contributed by atoms with Crippen LogP contribution in [0.25, 0.3) is 0 Å². The van der Waals surface area contributed by atoms with Crippen LogP contribution in [0.15, 0.2) is 0 Å². The van der Waals surface area contributed by atoms with E-state index in [1.54, 1.807) is 0 Å². The number of carbonyl (C=O) groups is 1. The van der Waals surface area contributed by atoms with E-state index < -0.39 is 0 Å². The fourth-order valence-corrected chi connectivity index (χ4v) is 1.68. The summed E-state index contributed by atoms with van der Waals surface area (Å²) in [6, 6.07) is 0. The van der Waals surface area contributed by atoms with Gasteiger partial charge in [0.15, 0.2) is 0 Å². The second kappa shape index (κ2) is 5.38. The molecule has 1 aliphatic rings. The zero-order chi connectivity index (χ0) is 9.68. The Labute approximate surface area is 80.7 Å². The van der Waals surface area contributed by atoms with Gasteiger partial charge in [0.2, 0.25) is 0 Å². The Morgan fingerprint density at radius 3 is 2.85 bits per heavy atom. The Balaban J connectivity index is 2.10. The third-order valence-electron chi connectivity index (χ3n) is 2.59. The first-order chi connectivity index (χ1) is 6.20. The maximum Gasteiger partial charge on any atom is 0.138 e. The SMILES string of the molecule is CC(C)CCCC(=O)C1CCOC1. The molecule has 0 aromatic carbocycles. The average Bonchev–Trinajstić information content (AvgIpc) is 2.55. The Morgan fingerprint density at radius 1 is 1.54 bits per heavy atom. The smallest absolute Gasteiger partial charge is 0.138 e. The van der Waals surface area contributed by atoms with Gasteiger partial charge in [0.25, 0.3) is 0 Å². The Morgan fingerprint density at radius 2 is 2.31 bits per heavy atom. The van der Waals surface area contributed by atoms with Gasteiger partial charge in [-0.1, -0.05) is 20.3 Å². The fourth-order valence-electron chi connectivity index (χ4n) is 1.68. The summed E-state index contributed by atoms with van der Waals surface area (Å²) in [7, 11) is 0. The lowest BCUT2D eigenvalue weighted by atomic mass is 9.97. The Bertz CT molecular complexity index is 157. The van der Waals surface area contributed by atoms with Crippen molar-refractivity contribution in [1.82, 2.24) is 0 Å². The molecule has 13 heavy (non-hydrogen) atoms. The topological polar surface area (TPSA) is 26.3 Å². The molecule has 0 amide bonds. The van der Waals surface area contributed by atoms with Gasteiger partial charge in [-0.3, -0.25) is 4.79 Å². The van der Waals surface area contributed by atoms with E-state index >= 15 is 0 Å². The molecular weight excluding hydrogens is 164 g/mol. The summed E-state index contributed by atoms with van der Waals surface area (Å²) >= 11 is 0. The highest BCUT2D eigenvalue weighted by atomic mass is 16.5. The van der Waals surface area contributed by atoms with E-state index in [1.165, 1.54) is 6.42 Å². The Hall–Kier alpha value is -0.370. The maximum absolute atomic E-state index is 11.5. The van der Waals surface area contributed by atoms with Crippen molar-refractivity contribution in [2.75, 3.05) is 13.2 Å². The van der Waals surface area contributed by atoms with Gasteiger partial charge < -0.3 is 4.74 Å². The van der Waals surface area contributed by atoms with Crippen LogP contribution in [0.3, 0.4) is 0 Å². The van der Waals surface area contributed by atoms with E-state index in [1.807, 2.05) is 0 Å². The lowest BCUT2D eigenvalue weighted by Crippen LogP contribution is -2.14. The largest absolute Gasteiger partial charge is 0.381 e. The van der Waals surface area contributed by atoms with Crippen molar-refractivity contribution in [3.63, 3.8) is 0 Å². The predicted octanol–water partition coefficient (Wildman–Crippen LogP) is 2.42. The molecule has 1 fully saturated rings. The molecule has 1 heterocycles. The van der Waals surface area contributed by atoms with Crippen LogP contribution in [0.2, 0.25) is 0 Å². The highest BCUT2D eigenvalue weighted by molar-refractivity contribution is 5.81. The molecule has 0 bridgehead atoms. The standard InChI is InChI=1S/C11H20O2/c1-9(2)4-3-5-11(12)10-6-7-13-8-10/h9-10H,3-8H2,1-2H3. The molecule has 0 saturated carbocycles. The summed E-state index contributed by atoms with van der Waals surface area (Å²) < 4.78 is 5.18. The molecule has 0 aromatic heterocycles. The molecule has 0 aliphatic carbocycles. The molecule has 1 atom stereocenters. The number of ketones is 1. The van der Waals surface area contributed by atoms with Gasteiger partial charge in [0.1, 0.15) is 5.78 Å². The lowest BCUT2D eigenvalue weighted by molar-refractivity contribution is -0.122.